The Morgan fingerprint density at radius 2 is 1.76 bits per heavy atom. The molecule has 2 aliphatic rings. The number of sulfonamides is 1. The van der Waals surface area contributed by atoms with E-state index in [9.17, 15) is 22.8 Å². The van der Waals surface area contributed by atoms with Crippen molar-refractivity contribution in [2.45, 2.75) is 77.5 Å². The van der Waals surface area contributed by atoms with Gasteiger partial charge in [-0.3, -0.25) is 4.79 Å². The number of carbonyl (C=O) groups excluding carboxylic acids is 3. The van der Waals surface area contributed by atoms with Crippen LogP contribution in [0.4, 0.5) is 4.79 Å². The van der Waals surface area contributed by atoms with E-state index in [2.05, 4.69) is 10.6 Å². The molecule has 10 nitrogen and oxygen atoms in total. The second kappa shape index (κ2) is 11.0. The summed E-state index contributed by atoms with van der Waals surface area (Å²) < 4.78 is 32.4. The van der Waals surface area contributed by atoms with E-state index in [1.54, 1.807) is 31.2 Å². The van der Waals surface area contributed by atoms with E-state index in [-0.39, 0.29) is 35.7 Å². The second-order valence-corrected chi connectivity index (χ2v) is 13.3. The van der Waals surface area contributed by atoms with Crippen molar-refractivity contribution in [3.05, 3.63) is 29.8 Å². The van der Waals surface area contributed by atoms with E-state index >= 15 is 0 Å². The van der Waals surface area contributed by atoms with Crippen molar-refractivity contribution in [1.82, 2.24) is 19.8 Å². The number of esters is 1. The van der Waals surface area contributed by atoms with Gasteiger partial charge in [0.15, 0.2) is 0 Å². The molecular formula is C26H40N4O6S. The number of carbonyl (C=O) groups is 3. The Balaban J connectivity index is 1.68. The minimum absolute atomic E-state index is 0.0192. The van der Waals surface area contributed by atoms with E-state index < -0.39 is 45.6 Å². The first kappa shape index (κ1) is 28.9. The van der Waals surface area contributed by atoms with E-state index in [0.29, 0.717) is 13.0 Å². The van der Waals surface area contributed by atoms with Gasteiger partial charge in [-0.25, -0.2) is 18.0 Å². The molecule has 37 heavy (non-hydrogen) atoms. The van der Waals surface area contributed by atoms with Gasteiger partial charge in [-0.05, 0) is 42.2 Å². The van der Waals surface area contributed by atoms with Crippen LogP contribution in [-0.4, -0.2) is 73.9 Å². The van der Waals surface area contributed by atoms with Crippen molar-refractivity contribution in [2.24, 2.45) is 17.3 Å². The van der Waals surface area contributed by atoms with Gasteiger partial charge < -0.3 is 20.3 Å². The highest BCUT2D eigenvalue weighted by atomic mass is 32.2. The Kier molecular flexibility index (Phi) is 8.58. The summed E-state index contributed by atoms with van der Waals surface area (Å²) in [5.74, 6) is -0.649. The maximum Gasteiger partial charge on any atom is 0.328 e. The van der Waals surface area contributed by atoms with Gasteiger partial charge in [0.25, 0.3) is 0 Å². The highest BCUT2D eigenvalue weighted by Gasteiger charge is 2.45. The normalized spacial score (nSPS) is 22.9. The second-order valence-electron chi connectivity index (χ2n) is 11.4. The lowest BCUT2D eigenvalue weighted by molar-refractivity contribution is -0.153. The Labute approximate surface area is 220 Å². The van der Waals surface area contributed by atoms with Crippen molar-refractivity contribution in [3.8, 4) is 0 Å². The lowest BCUT2D eigenvalue weighted by Crippen LogP contribution is -2.57. The zero-order valence-corrected chi connectivity index (χ0v) is 23.6. The van der Waals surface area contributed by atoms with Crippen LogP contribution in [0.5, 0.6) is 0 Å². The van der Waals surface area contributed by atoms with Gasteiger partial charge >= 0.3 is 12.0 Å². The predicted octanol–water partition coefficient (Wildman–Crippen LogP) is 2.34. The third kappa shape index (κ3) is 6.09. The van der Waals surface area contributed by atoms with Crippen LogP contribution in [-0.2, 0) is 30.9 Å². The molecule has 0 bridgehead atoms. The number of benzene rings is 1. The average Bonchev–Trinajstić information content (AvgIpc) is 3.36. The largest absolute Gasteiger partial charge is 0.467 e. The molecule has 1 unspecified atom stereocenters. The van der Waals surface area contributed by atoms with Crippen molar-refractivity contribution >= 4 is 27.9 Å². The highest BCUT2D eigenvalue weighted by Crippen LogP contribution is 2.33. The third-order valence-electron chi connectivity index (χ3n) is 7.42. The van der Waals surface area contributed by atoms with Crippen LogP contribution in [0.1, 0.15) is 53.5 Å². The molecular weight excluding hydrogens is 496 g/mol. The Bertz CT molecular complexity index is 1130. The van der Waals surface area contributed by atoms with Crippen LogP contribution in [0, 0.1) is 17.3 Å². The van der Waals surface area contributed by atoms with Gasteiger partial charge in [0, 0.05) is 25.7 Å². The molecule has 1 fully saturated rings. The van der Waals surface area contributed by atoms with Gasteiger partial charge in [-0.15, -0.1) is 0 Å². The summed E-state index contributed by atoms with van der Waals surface area (Å²) in [6, 6.07) is 4.19. The van der Waals surface area contributed by atoms with E-state index in [1.165, 1.54) is 16.3 Å². The maximum absolute atomic E-state index is 13.2. The van der Waals surface area contributed by atoms with Crippen LogP contribution in [0.15, 0.2) is 29.2 Å². The van der Waals surface area contributed by atoms with Crippen LogP contribution in [0.3, 0.4) is 0 Å². The fourth-order valence-electron chi connectivity index (χ4n) is 5.09. The number of ether oxygens (including phenoxy) is 1. The average molecular weight is 537 g/mol. The lowest BCUT2D eigenvalue weighted by atomic mass is 9.86. The molecule has 1 aromatic carbocycles. The van der Waals surface area contributed by atoms with Crippen LogP contribution in [0.25, 0.3) is 0 Å². The number of nitrogens with one attached hydrogen (secondary N) is 2. The fraction of sp³-hybridized carbons (Fsp3) is 0.654. The van der Waals surface area contributed by atoms with E-state index in [0.717, 1.165) is 5.56 Å². The van der Waals surface area contributed by atoms with Gasteiger partial charge in [0.1, 0.15) is 12.1 Å². The van der Waals surface area contributed by atoms with Crippen LogP contribution in [0.2, 0.25) is 0 Å². The summed E-state index contributed by atoms with van der Waals surface area (Å²) in [7, 11) is -2.35. The first-order valence-electron chi connectivity index (χ1n) is 12.7. The summed E-state index contributed by atoms with van der Waals surface area (Å²) in [6.45, 7) is 12.1. The number of hydrogen-bond donors (Lipinski definition) is 2. The molecule has 0 radical (unpaired) electrons. The Morgan fingerprint density at radius 1 is 1.11 bits per heavy atom. The molecule has 0 spiro atoms. The Morgan fingerprint density at radius 3 is 2.32 bits per heavy atom. The van der Waals surface area contributed by atoms with Crippen molar-refractivity contribution in [2.75, 3.05) is 20.2 Å². The first-order valence-corrected chi connectivity index (χ1v) is 14.2. The van der Waals surface area contributed by atoms with Gasteiger partial charge in [-0.1, -0.05) is 52.8 Å². The zero-order valence-electron chi connectivity index (χ0n) is 22.8. The molecule has 11 heteroatoms. The minimum atomic E-state index is -3.66. The van der Waals surface area contributed by atoms with Gasteiger partial charge in [-0.2, -0.15) is 4.31 Å². The molecule has 0 aromatic heterocycles. The maximum atomic E-state index is 13.2. The molecule has 2 N–H and O–H groups in total. The number of urea groups is 1. The molecule has 3 amide bonds. The summed E-state index contributed by atoms with van der Waals surface area (Å²) in [5.41, 5.74) is 0.258. The van der Waals surface area contributed by atoms with Gasteiger partial charge in [0.2, 0.25) is 15.9 Å². The summed E-state index contributed by atoms with van der Waals surface area (Å²) in [4.78, 5) is 40.5. The molecule has 1 aromatic rings. The number of likely N-dealkylation sites (tertiary alicyclic amines) is 1. The number of nitrogens with zero attached hydrogens (tertiary/aromatic N) is 2. The molecule has 0 aliphatic carbocycles. The highest BCUT2D eigenvalue weighted by molar-refractivity contribution is 7.89. The smallest absolute Gasteiger partial charge is 0.328 e. The van der Waals surface area contributed by atoms with E-state index in [4.69, 9.17) is 4.74 Å². The molecule has 3 rings (SSSR count). The molecule has 2 heterocycles. The Hall–Kier alpha value is -2.66. The molecule has 0 saturated carbocycles. The standard InChI is InChI=1S/C26H40N4O6S/c1-16(2)19-12-13-30(22(19)24(32)36-7)23(31)17(3)27-25(33)28-21(26(4,5)6)15-29-14-18-10-8-9-11-20(18)37(29,34)35/h8-11,16-17,19,21-22H,12-15H2,1-7H3,(H2,27,28,33)/t17-,19?,21+,22-/m0/s1. The third-order valence-corrected chi connectivity index (χ3v) is 9.33. The van der Waals surface area contributed by atoms with Gasteiger partial charge in [0.05, 0.1) is 12.0 Å². The molecule has 4 atom stereocenters. The molecule has 1 saturated heterocycles. The number of methoxy groups -OCH3 is 1. The van der Waals surface area contributed by atoms with E-state index in [1.807, 2.05) is 34.6 Å². The first-order chi connectivity index (χ1) is 17.2. The number of hydrogen-bond acceptors (Lipinski definition) is 6. The number of fused-ring (bicyclic) bond motifs is 1. The monoisotopic (exact) mass is 536 g/mol. The molecule has 206 valence electrons. The predicted molar refractivity (Wildman–Crippen MR) is 139 cm³/mol. The molecule has 2 aliphatic heterocycles. The summed E-state index contributed by atoms with van der Waals surface area (Å²) in [6.07, 6.45) is 0.681. The number of amides is 3. The summed E-state index contributed by atoms with van der Waals surface area (Å²) in [5, 5.41) is 5.56. The lowest BCUT2D eigenvalue weighted by Gasteiger charge is -2.34. The number of rotatable bonds is 7. The zero-order chi connectivity index (χ0) is 27.7. The van der Waals surface area contributed by atoms with Crippen molar-refractivity contribution in [3.63, 3.8) is 0 Å². The quantitative estimate of drug-likeness (QED) is 0.516. The van der Waals surface area contributed by atoms with Crippen molar-refractivity contribution in [1.29, 1.82) is 0 Å². The topological polar surface area (TPSA) is 125 Å². The minimum Gasteiger partial charge on any atom is -0.467 e. The van der Waals surface area contributed by atoms with Crippen LogP contribution >= 0.6 is 0 Å². The SMILES string of the molecule is COC(=O)[C@@H]1C(C(C)C)CCN1C(=O)[C@H](C)NC(=O)N[C@H](CN1Cc2ccccc2S1(=O)=O)C(C)(C)C. The summed E-state index contributed by atoms with van der Waals surface area (Å²) >= 11 is 0. The fourth-order valence-corrected chi connectivity index (χ4v) is 6.74. The van der Waals surface area contributed by atoms with Crippen molar-refractivity contribution < 1.29 is 27.5 Å². The van der Waals surface area contributed by atoms with Crippen LogP contribution < -0.4 is 10.6 Å².